The number of aromatic amines is 1. The van der Waals surface area contributed by atoms with E-state index in [0.717, 1.165) is 22.7 Å². The normalized spacial score (nSPS) is 19.8. The molecule has 1 aromatic heterocycles. The first kappa shape index (κ1) is 17.8. The van der Waals surface area contributed by atoms with E-state index in [2.05, 4.69) is 10.3 Å². The topological polar surface area (TPSA) is 82.3 Å². The zero-order valence-corrected chi connectivity index (χ0v) is 14.4. The number of H-pyrrole nitrogens is 1. The second kappa shape index (κ2) is 6.05. The molecule has 1 atom stereocenters. The van der Waals surface area contributed by atoms with Crippen LogP contribution in [0.4, 0.5) is 13.6 Å². The fraction of sp³-hybridized carbons (Fsp3) is 0.278. The zero-order valence-electron chi connectivity index (χ0n) is 14.4. The van der Waals surface area contributed by atoms with Gasteiger partial charge < -0.3 is 10.3 Å². The van der Waals surface area contributed by atoms with Crippen LogP contribution in [0.25, 0.3) is 0 Å². The van der Waals surface area contributed by atoms with Gasteiger partial charge in [-0.05, 0) is 32.9 Å². The first-order valence-corrected chi connectivity index (χ1v) is 7.92. The second-order valence-electron chi connectivity index (χ2n) is 6.48. The summed E-state index contributed by atoms with van der Waals surface area (Å²) in [5, 5.41) is 2.40. The van der Waals surface area contributed by atoms with E-state index in [1.54, 1.807) is 19.9 Å². The molecule has 1 saturated heterocycles. The van der Waals surface area contributed by atoms with Gasteiger partial charge in [-0.2, -0.15) is 0 Å². The molecule has 1 aliphatic heterocycles. The number of ketones is 1. The number of benzene rings is 1. The van der Waals surface area contributed by atoms with Gasteiger partial charge >= 0.3 is 6.03 Å². The van der Waals surface area contributed by atoms with Crippen LogP contribution in [0.2, 0.25) is 0 Å². The van der Waals surface area contributed by atoms with E-state index in [9.17, 15) is 23.2 Å². The van der Waals surface area contributed by atoms with Crippen molar-refractivity contribution in [1.29, 1.82) is 0 Å². The molecule has 1 unspecified atom stereocenters. The number of hydrogen-bond donors (Lipinski definition) is 2. The molecule has 26 heavy (non-hydrogen) atoms. The van der Waals surface area contributed by atoms with Crippen molar-refractivity contribution in [3.8, 4) is 0 Å². The number of Topliss-reactive ketones (excluding diaryl/α,β-unsaturated/α-hetero) is 1. The highest BCUT2D eigenvalue weighted by Gasteiger charge is 2.50. The number of hydrogen-bond acceptors (Lipinski definition) is 3. The van der Waals surface area contributed by atoms with Crippen LogP contribution in [0.15, 0.2) is 24.3 Å². The highest BCUT2D eigenvalue weighted by atomic mass is 19.1. The number of halogens is 2. The van der Waals surface area contributed by atoms with Crippen molar-refractivity contribution in [2.24, 2.45) is 0 Å². The molecule has 1 fully saturated rings. The van der Waals surface area contributed by atoms with Gasteiger partial charge in [0.2, 0.25) is 0 Å². The van der Waals surface area contributed by atoms with Crippen molar-refractivity contribution in [3.05, 3.63) is 58.4 Å². The van der Waals surface area contributed by atoms with E-state index < -0.39 is 41.4 Å². The Labute approximate surface area is 148 Å². The van der Waals surface area contributed by atoms with Gasteiger partial charge in [0.1, 0.15) is 17.2 Å². The van der Waals surface area contributed by atoms with Gasteiger partial charge in [0.05, 0.1) is 6.54 Å². The van der Waals surface area contributed by atoms with Gasteiger partial charge in [0.15, 0.2) is 5.78 Å². The molecule has 1 aromatic carbocycles. The summed E-state index contributed by atoms with van der Waals surface area (Å²) in [6.07, 6.45) is 0. The molecule has 1 aliphatic rings. The van der Waals surface area contributed by atoms with Gasteiger partial charge in [0.25, 0.3) is 5.91 Å². The van der Waals surface area contributed by atoms with Crippen LogP contribution in [-0.2, 0) is 10.3 Å². The standard InChI is InChI=1S/C18H17F2N3O3/c1-9-6-12(10(2)21-9)15(24)8-23-16(25)18(3,22-17(23)26)13-5-4-11(19)7-14(13)20/h4-7,21H,8H2,1-3H3,(H,22,26). The van der Waals surface area contributed by atoms with Gasteiger partial charge in [-0.3, -0.25) is 14.5 Å². The van der Waals surface area contributed by atoms with Crippen LogP contribution in [-0.4, -0.2) is 34.2 Å². The third-order valence-corrected chi connectivity index (χ3v) is 4.50. The molecular weight excluding hydrogens is 344 g/mol. The SMILES string of the molecule is Cc1cc(C(=O)CN2C(=O)NC(C)(c3ccc(F)cc3F)C2=O)c(C)[nH]1. The van der Waals surface area contributed by atoms with E-state index in [4.69, 9.17) is 0 Å². The average molecular weight is 361 g/mol. The van der Waals surface area contributed by atoms with Gasteiger partial charge in [0, 0.05) is 28.6 Å². The number of rotatable bonds is 4. The average Bonchev–Trinajstić information content (AvgIpc) is 2.99. The Balaban J connectivity index is 1.89. The number of urea groups is 1. The molecule has 136 valence electrons. The maximum absolute atomic E-state index is 14.1. The number of aryl methyl sites for hydroxylation is 2. The van der Waals surface area contributed by atoms with Crippen molar-refractivity contribution < 1.29 is 23.2 Å². The molecule has 0 saturated carbocycles. The first-order valence-electron chi connectivity index (χ1n) is 7.92. The minimum absolute atomic E-state index is 0.166. The lowest BCUT2D eigenvalue weighted by molar-refractivity contribution is -0.130. The van der Waals surface area contributed by atoms with Crippen molar-refractivity contribution in [1.82, 2.24) is 15.2 Å². The third kappa shape index (κ3) is 2.77. The molecule has 2 aromatic rings. The predicted octanol–water partition coefficient (Wildman–Crippen LogP) is 2.56. The Bertz CT molecular complexity index is 938. The number of aromatic nitrogens is 1. The summed E-state index contributed by atoms with van der Waals surface area (Å²) in [6.45, 7) is 4.34. The largest absolute Gasteiger partial charge is 0.362 e. The van der Waals surface area contributed by atoms with Crippen LogP contribution in [0.5, 0.6) is 0 Å². The van der Waals surface area contributed by atoms with Crippen LogP contribution >= 0.6 is 0 Å². The summed E-state index contributed by atoms with van der Waals surface area (Å²) in [7, 11) is 0. The summed E-state index contributed by atoms with van der Waals surface area (Å²) in [5.74, 6) is -2.94. The fourth-order valence-corrected chi connectivity index (χ4v) is 3.16. The molecule has 2 heterocycles. The number of nitrogens with one attached hydrogen (secondary N) is 2. The Morgan fingerprint density at radius 2 is 1.88 bits per heavy atom. The Morgan fingerprint density at radius 3 is 2.46 bits per heavy atom. The number of imide groups is 1. The quantitative estimate of drug-likeness (QED) is 0.649. The lowest BCUT2D eigenvalue weighted by Gasteiger charge is -2.22. The molecule has 3 rings (SSSR count). The van der Waals surface area contributed by atoms with E-state index in [1.165, 1.54) is 6.92 Å². The predicted molar refractivity (Wildman–Crippen MR) is 88.6 cm³/mol. The van der Waals surface area contributed by atoms with Gasteiger partial charge in [-0.1, -0.05) is 6.07 Å². The maximum Gasteiger partial charge on any atom is 0.325 e. The van der Waals surface area contributed by atoms with E-state index in [1.807, 2.05) is 0 Å². The highest BCUT2D eigenvalue weighted by Crippen LogP contribution is 2.31. The summed E-state index contributed by atoms with van der Waals surface area (Å²) in [5.41, 5.74) is -0.0863. The number of amides is 3. The lowest BCUT2D eigenvalue weighted by atomic mass is 9.91. The Kier molecular flexibility index (Phi) is 4.14. The molecule has 0 radical (unpaired) electrons. The summed E-state index contributed by atoms with van der Waals surface area (Å²) < 4.78 is 27.3. The summed E-state index contributed by atoms with van der Waals surface area (Å²) in [4.78, 5) is 41.2. The number of carbonyl (C=O) groups excluding carboxylic acids is 3. The summed E-state index contributed by atoms with van der Waals surface area (Å²) in [6, 6.07) is 3.57. The number of nitrogens with zero attached hydrogens (tertiary/aromatic N) is 1. The van der Waals surface area contributed by atoms with Crippen LogP contribution in [0.3, 0.4) is 0 Å². The van der Waals surface area contributed by atoms with Crippen LogP contribution in [0, 0.1) is 25.5 Å². The first-order chi connectivity index (χ1) is 12.1. The van der Waals surface area contributed by atoms with E-state index in [-0.39, 0.29) is 5.56 Å². The minimum Gasteiger partial charge on any atom is -0.362 e. The fourth-order valence-electron chi connectivity index (χ4n) is 3.16. The smallest absolute Gasteiger partial charge is 0.325 e. The van der Waals surface area contributed by atoms with Crippen molar-refractivity contribution in [3.63, 3.8) is 0 Å². The minimum atomic E-state index is -1.71. The molecule has 3 amide bonds. The van der Waals surface area contributed by atoms with Crippen LogP contribution in [0.1, 0.15) is 34.2 Å². The monoisotopic (exact) mass is 361 g/mol. The molecule has 0 aliphatic carbocycles. The van der Waals surface area contributed by atoms with Gasteiger partial charge in [-0.15, -0.1) is 0 Å². The highest BCUT2D eigenvalue weighted by molar-refractivity contribution is 6.11. The van der Waals surface area contributed by atoms with Crippen molar-refractivity contribution in [2.45, 2.75) is 26.3 Å². The summed E-state index contributed by atoms with van der Waals surface area (Å²) >= 11 is 0. The van der Waals surface area contributed by atoms with Gasteiger partial charge in [-0.25, -0.2) is 13.6 Å². The molecule has 2 N–H and O–H groups in total. The van der Waals surface area contributed by atoms with E-state index in [0.29, 0.717) is 17.3 Å². The Hall–Kier alpha value is -3.03. The molecular formula is C18H17F2N3O3. The van der Waals surface area contributed by atoms with E-state index >= 15 is 0 Å². The van der Waals surface area contributed by atoms with Crippen LogP contribution < -0.4 is 5.32 Å². The lowest BCUT2D eigenvalue weighted by Crippen LogP contribution is -2.42. The third-order valence-electron chi connectivity index (χ3n) is 4.50. The second-order valence-corrected chi connectivity index (χ2v) is 6.48. The maximum atomic E-state index is 14.1. The van der Waals surface area contributed by atoms with Crippen molar-refractivity contribution in [2.75, 3.05) is 6.54 Å². The number of carbonyl (C=O) groups is 3. The molecule has 0 bridgehead atoms. The molecule has 8 heteroatoms. The zero-order chi connectivity index (χ0) is 19.2. The van der Waals surface area contributed by atoms with Crippen molar-refractivity contribution >= 4 is 17.7 Å². The molecule has 0 spiro atoms. The molecule has 6 nitrogen and oxygen atoms in total. The Morgan fingerprint density at radius 1 is 1.19 bits per heavy atom.